The summed E-state index contributed by atoms with van der Waals surface area (Å²) in [5.41, 5.74) is 0. The van der Waals surface area contributed by atoms with E-state index in [0.717, 1.165) is 17.9 Å². The number of rotatable bonds is 5. The lowest BCUT2D eigenvalue weighted by atomic mass is 9.94. The van der Waals surface area contributed by atoms with Gasteiger partial charge in [0, 0.05) is 19.1 Å². The summed E-state index contributed by atoms with van der Waals surface area (Å²) >= 11 is 0. The molecule has 0 amide bonds. The van der Waals surface area contributed by atoms with Gasteiger partial charge in [0.2, 0.25) is 0 Å². The second kappa shape index (κ2) is 7.49. The van der Waals surface area contributed by atoms with Crippen LogP contribution in [0.15, 0.2) is 0 Å². The molecule has 1 heterocycles. The van der Waals surface area contributed by atoms with E-state index < -0.39 is 0 Å². The zero-order valence-corrected chi connectivity index (χ0v) is 12.5. The summed E-state index contributed by atoms with van der Waals surface area (Å²) in [4.78, 5) is 2.72. The molecule has 3 atom stereocenters. The third-order valence-corrected chi connectivity index (χ3v) is 4.82. The van der Waals surface area contributed by atoms with E-state index in [9.17, 15) is 0 Å². The van der Waals surface area contributed by atoms with Crippen molar-refractivity contribution in [1.29, 1.82) is 0 Å². The fraction of sp³-hybridized carbons (Fsp3) is 1.00. The lowest BCUT2D eigenvalue weighted by molar-refractivity contribution is 0.220. The minimum atomic E-state index is 0.795. The fourth-order valence-electron chi connectivity index (χ4n) is 3.73. The molecule has 1 N–H and O–H groups in total. The number of nitrogens with one attached hydrogen (secondary N) is 1. The summed E-state index contributed by atoms with van der Waals surface area (Å²) in [6, 6.07) is 0.795. The molecule has 2 nitrogen and oxygen atoms in total. The molecule has 0 spiro atoms. The molecular weight excluding hydrogens is 220 g/mol. The minimum absolute atomic E-state index is 0.795. The van der Waals surface area contributed by atoms with Crippen LogP contribution in [0, 0.1) is 11.8 Å². The topological polar surface area (TPSA) is 15.3 Å². The zero-order valence-electron chi connectivity index (χ0n) is 12.5. The predicted octanol–water partition coefficient (Wildman–Crippen LogP) is 3.28. The largest absolute Gasteiger partial charge is 0.314 e. The van der Waals surface area contributed by atoms with Gasteiger partial charge < -0.3 is 10.2 Å². The van der Waals surface area contributed by atoms with Crippen molar-refractivity contribution in [3.8, 4) is 0 Å². The Bertz CT molecular complexity index is 229. The van der Waals surface area contributed by atoms with Crippen molar-refractivity contribution in [3.05, 3.63) is 0 Å². The van der Waals surface area contributed by atoms with Crippen LogP contribution in [0.5, 0.6) is 0 Å². The van der Waals surface area contributed by atoms with Gasteiger partial charge >= 0.3 is 0 Å². The first kappa shape index (κ1) is 14.3. The molecule has 1 saturated carbocycles. The second-order valence-corrected chi connectivity index (χ2v) is 6.61. The first-order valence-electron chi connectivity index (χ1n) is 8.25. The Hall–Kier alpha value is -0.0800. The van der Waals surface area contributed by atoms with E-state index in [4.69, 9.17) is 0 Å². The lowest BCUT2D eigenvalue weighted by Crippen LogP contribution is -2.41. The lowest BCUT2D eigenvalue weighted by Gasteiger charge is -2.30. The third kappa shape index (κ3) is 4.24. The molecule has 0 aromatic heterocycles. The maximum Gasteiger partial charge on any atom is 0.0107 e. The van der Waals surface area contributed by atoms with E-state index in [1.165, 1.54) is 71.1 Å². The van der Waals surface area contributed by atoms with E-state index in [1.807, 2.05) is 0 Å². The Labute approximate surface area is 114 Å². The predicted molar refractivity (Wildman–Crippen MR) is 78.9 cm³/mol. The standard InChI is InChI=1S/C16H32N2/c1-3-10-17-16-8-6-4-5-7-15(16)13-18-11-9-14(2)12-18/h14-17H,3-13H2,1-2H3. The smallest absolute Gasteiger partial charge is 0.0107 e. The van der Waals surface area contributed by atoms with Gasteiger partial charge in [-0.15, -0.1) is 0 Å². The summed E-state index contributed by atoms with van der Waals surface area (Å²) < 4.78 is 0. The van der Waals surface area contributed by atoms with E-state index in [1.54, 1.807) is 0 Å². The molecular formula is C16H32N2. The van der Waals surface area contributed by atoms with Crippen LogP contribution in [0.3, 0.4) is 0 Å². The molecule has 2 heteroatoms. The maximum atomic E-state index is 3.82. The molecule has 3 unspecified atom stereocenters. The summed E-state index contributed by atoms with van der Waals surface area (Å²) in [5.74, 6) is 1.84. The van der Waals surface area contributed by atoms with Crippen molar-refractivity contribution in [2.75, 3.05) is 26.2 Å². The molecule has 2 aliphatic rings. The van der Waals surface area contributed by atoms with Gasteiger partial charge in [-0.2, -0.15) is 0 Å². The van der Waals surface area contributed by atoms with E-state index in [-0.39, 0.29) is 0 Å². The highest BCUT2D eigenvalue weighted by molar-refractivity contribution is 4.84. The number of likely N-dealkylation sites (tertiary alicyclic amines) is 1. The van der Waals surface area contributed by atoms with Crippen LogP contribution in [0.2, 0.25) is 0 Å². The minimum Gasteiger partial charge on any atom is -0.314 e. The first-order valence-corrected chi connectivity index (χ1v) is 8.25. The highest BCUT2D eigenvalue weighted by Gasteiger charge is 2.27. The average molecular weight is 252 g/mol. The fourth-order valence-corrected chi connectivity index (χ4v) is 3.73. The quantitative estimate of drug-likeness (QED) is 0.755. The molecule has 1 aliphatic heterocycles. The van der Waals surface area contributed by atoms with Crippen molar-refractivity contribution < 1.29 is 0 Å². The monoisotopic (exact) mass is 252 g/mol. The van der Waals surface area contributed by atoms with Crippen molar-refractivity contribution in [3.63, 3.8) is 0 Å². The Morgan fingerprint density at radius 1 is 1.11 bits per heavy atom. The Balaban J connectivity index is 1.84. The summed E-state index contributed by atoms with van der Waals surface area (Å²) in [5, 5.41) is 3.82. The van der Waals surface area contributed by atoms with E-state index >= 15 is 0 Å². The number of hydrogen-bond acceptors (Lipinski definition) is 2. The normalized spacial score (nSPS) is 34.7. The van der Waals surface area contributed by atoms with Crippen LogP contribution < -0.4 is 5.32 Å². The molecule has 18 heavy (non-hydrogen) atoms. The van der Waals surface area contributed by atoms with Gasteiger partial charge in [-0.05, 0) is 50.6 Å². The molecule has 2 rings (SSSR count). The molecule has 0 aromatic rings. The Morgan fingerprint density at radius 2 is 1.94 bits per heavy atom. The van der Waals surface area contributed by atoms with Crippen LogP contribution in [0.25, 0.3) is 0 Å². The highest BCUT2D eigenvalue weighted by atomic mass is 15.1. The van der Waals surface area contributed by atoms with Gasteiger partial charge in [-0.25, -0.2) is 0 Å². The highest BCUT2D eigenvalue weighted by Crippen LogP contribution is 2.26. The molecule has 1 aliphatic carbocycles. The van der Waals surface area contributed by atoms with Crippen LogP contribution in [0.4, 0.5) is 0 Å². The van der Waals surface area contributed by atoms with Gasteiger partial charge in [-0.3, -0.25) is 0 Å². The number of nitrogens with zero attached hydrogens (tertiary/aromatic N) is 1. The molecule has 0 bridgehead atoms. The van der Waals surface area contributed by atoms with Crippen LogP contribution in [-0.4, -0.2) is 37.1 Å². The summed E-state index contributed by atoms with van der Waals surface area (Å²) in [7, 11) is 0. The molecule has 106 valence electrons. The third-order valence-electron chi connectivity index (χ3n) is 4.82. The average Bonchev–Trinajstić information content (AvgIpc) is 2.64. The van der Waals surface area contributed by atoms with Gasteiger partial charge in [0.15, 0.2) is 0 Å². The first-order chi connectivity index (χ1) is 8.79. The molecule has 2 fully saturated rings. The van der Waals surface area contributed by atoms with E-state index in [2.05, 4.69) is 24.1 Å². The van der Waals surface area contributed by atoms with Crippen molar-refractivity contribution in [1.82, 2.24) is 10.2 Å². The van der Waals surface area contributed by atoms with Crippen LogP contribution in [0.1, 0.15) is 58.8 Å². The SMILES string of the molecule is CCCNC1CCCCCC1CN1CCC(C)C1. The Morgan fingerprint density at radius 3 is 2.67 bits per heavy atom. The van der Waals surface area contributed by atoms with Crippen LogP contribution in [-0.2, 0) is 0 Å². The van der Waals surface area contributed by atoms with Gasteiger partial charge in [0.05, 0.1) is 0 Å². The summed E-state index contributed by atoms with van der Waals surface area (Å²) in [6.07, 6.45) is 9.90. The zero-order chi connectivity index (χ0) is 12.8. The maximum absolute atomic E-state index is 3.82. The van der Waals surface area contributed by atoms with Crippen molar-refractivity contribution >= 4 is 0 Å². The molecule has 1 saturated heterocycles. The van der Waals surface area contributed by atoms with Gasteiger partial charge in [0.25, 0.3) is 0 Å². The number of hydrogen-bond donors (Lipinski definition) is 1. The van der Waals surface area contributed by atoms with Crippen LogP contribution >= 0.6 is 0 Å². The second-order valence-electron chi connectivity index (χ2n) is 6.61. The summed E-state index contributed by atoms with van der Waals surface area (Å²) in [6.45, 7) is 9.93. The van der Waals surface area contributed by atoms with Crippen molar-refractivity contribution in [2.24, 2.45) is 11.8 Å². The van der Waals surface area contributed by atoms with Gasteiger partial charge in [-0.1, -0.05) is 33.1 Å². The Kier molecular flexibility index (Phi) is 5.97. The van der Waals surface area contributed by atoms with Crippen molar-refractivity contribution in [2.45, 2.75) is 64.8 Å². The van der Waals surface area contributed by atoms with Gasteiger partial charge in [0.1, 0.15) is 0 Å². The molecule has 0 aromatic carbocycles. The molecule has 0 radical (unpaired) electrons. The van der Waals surface area contributed by atoms with E-state index in [0.29, 0.717) is 0 Å².